The number of fused-ring (bicyclic) bond motifs is 15. The van der Waals surface area contributed by atoms with Crippen molar-refractivity contribution in [1.29, 1.82) is 0 Å². The molecule has 18 aromatic rings. The fourth-order valence-corrected chi connectivity index (χ4v) is 25.9. The molecule has 0 spiro atoms. The van der Waals surface area contributed by atoms with Crippen molar-refractivity contribution in [3.8, 4) is 89.7 Å². The van der Waals surface area contributed by atoms with Crippen LogP contribution in [0.1, 0.15) is 130 Å². The molecule has 8 aromatic heterocycles. The Labute approximate surface area is 867 Å². The number of ether oxygens (including phenoxy) is 2. The van der Waals surface area contributed by atoms with Gasteiger partial charge in [0.15, 0.2) is 5.79 Å². The van der Waals surface area contributed by atoms with Crippen molar-refractivity contribution in [2.75, 3.05) is 96.6 Å². The van der Waals surface area contributed by atoms with E-state index in [9.17, 15) is 26.3 Å². The summed E-state index contributed by atoms with van der Waals surface area (Å²) in [6.07, 6.45) is 39.5. The minimum absolute atomic E-state index is 0.0117. The molecule has 8 atom stereocenters. The Kier molecular flexibility index (Phi) is 25.5. The van der Waals surface area contributed by atoms with Gasteiger partial charge in [-0.1, -0.05) is 121 Å². The predicted octanol–water partition coefficient (Wildman–Crippen LogP) is 24.1. The summed E-state index contributed by atoms with van der Waals surface area (Å²) in [7, 11) is 3.87. The van der Waals surface area contributed by atoms with Crippen LogP contribution in [0, 0.1) is 64.5 Å². The number of hydrogen-bond acceptors (Lipinski definition) is 15. The maximum atomic E-state index is 14.9. The number of hydrogen-bond donors (Lipinski definition) is 0. The SMILES string of the molecule is CC1(C)OC[C@H](Cn2cc(-c3ccc(N4CCC(C5c6c(F)cccc6-c6cncn65)CC4)cc3)cn2)O1.Cn1cc(-c2ccc(N3CCC([C@@H]4c5c(F)cccc5-c5cncn54)CC3)cc2)cn1.Cn1cc(-c2ccc(N3CCC([C@H]4c5c(F)cccc5-c5cncn54)CC3)cc2)cn1.Fc1cccc(N2CCCC(C3c4c(F)cccc4-c4cncn43)C2)c1.Fc1cccc2c1C(C1CCN(c3ccccc3)C1)n1cncc1-2. The van der Waals surface area contributed by atoms with Crippen molar-refractivity contribution in [2.45, 2.75) is 120 Å². The quantitative estimate of drug-likeness (QED) is 0.0885. The maximum absolute atomic E-state index is 14.9. The van der Waals surface area contributed by atoms with Crippen LogP contribution in [0.2, 0.25) is 0 Å². The third-order valence-electron chi connectivity index (χ3n) is 33.0. The van der Waals surface area contributed by atoms with Crippen LogP contribution in [0.5, 0.6) is 0 Å². The maximum Gasteiger partial charge on any atom is 0.163 e. The van der Waals surface area contributed by atoms with Gasteiger partial charge in [-0.2, -0.15) is 15.3 Å². The number of para-hydroxylation sites is 1. The molecule has 29 heteroatoms. The summed E-state index contributed by atoms with van der Waals surface area (Å²) in [6.45, 7) is 14.6. The number of aryl methyl sites for hydroxylation is 2. The summed E-state index contributed by atoms with van der Waals surface area (Å²) in [6, 6.07) is 70.3. The van der Waals surface area contributed by atoms with E-state index in [1.807, 2.05) is 172 Å². The third kappa shape index (κ3) is 18.1. The zero-order chi connectivity index (χ0) is 102. The predicted molar refractivity (Wildman–Crippen MR) is 572 cm³/mol. The Morgan fingerprint density at radius 1 is 0.300 bits per heavy atom. The number of nitrogens with zero attached hydrogens (tertiary/aromatic N) is 21. The first-order valence-corrected chi connectivity index (χ1v) is 52.6. The van der Waals surface area contributed by atoms with Gasteiger partial charge in [0.05, 0.1) is 153 Å². The normalized spacial score (nSPS) is 20.5. The van der Waals surface area contributed by atoms with Gasteiger partial charge in [0, 0.05) is 211 Å². The molecule has 23 nitrogen and oxygen atoms in total. The van der Waals surface area contributed by atoms with Gasteiger partial charge in [-0.25, -0.2) is 51.3 Å². The Bertz CT molecular complexity index is 7700. The van der Waals surface area contributed by atoms with Gasteiger partial charge in [-0.05, 0) is 203 Å². The first-order chi connectivity index (χ1) is 73.4. The topological polar surface area (TPSA) is 177 Å². The number of anilines is 5. The summed E-state index contributed by atoms with van der Waals surface area (Å²) >= 11 is 0. The molecule has 0 radical (unpaired) electrons. The molecule has 0 saturated carbocycles. The van der Waals surface area contributed by atoms with Crippen molar-refractivity contribution in [3.05, 3.63) is 381 Å². The second-order valence-electron chi connectivity index (χ2n) is 42.1. The third-order valence-corrected chi connectivity index (χ3v) is 33.0. The molecule has 11 aliphatic rings. The van der Waals surface area contributed by atoms with E-state index in [1.54, 1.807) is 79.1 Å². The minimum Gasteiger partial charge on any atom is -0.372 e. The summed E-state index contributed by atoms with van der Waals surface area (Å²) in [5, 5.41) is 13.1. The van der Waals surface area contributed by atoms with E-state index in [4.69, 9.17) is 9.47 Å². The highest BCUT2D eigenvalue weighted by molar-refractivity contribution is 5.76. The molecule has 6 fully saturated rings. The van der Waals surface area contributed by atoms with E-state index >= 15 is 0 Å². The molecule has 0 amide bonds. The number of piperidine rings is 4. The van der Waals surface area contributed by atoms with Gasteiger partial charge < -0.3 is 56.8 Å². The van der Waals surface area contributed by atoms with Crippen molar-refractivity contribution >= 4 is 28.4 Å². The lowest BCUT2D eigenvalue weighted by atomic mass is 9.85. The van der Waals surface area contributed by atoms with Crippen molar-refractivity contribution < 1.29 is 35.8 Å². The van der Waals surface area contributed by atoms with Crippen molar-refractivity contribution in [2.24, 2.45) is 43.7 Å². The molecule has 150 heavy (non-hydrogen) atoms. The molecule has 0 aliphatic carbocycles. The molecule has 760 valence electrons. The lowest BCUT2D eigenvalue weighted by Gasteiger charge is -2.38. The van der Waals surface area contributed by atoms with Crippen LogP contribution >= 0.6 is 0 Å². The highest BCUT2D eigenvalue weighted by Gasteiger charge is 2.46. The molecule has 5 unspecified atom stereocenters. The average molecular weight is 2010 g/mol. The molecule has 0 bridgehead atoms. The first kappa shape index (κ1) is 95.3. The van der Waals surface area contributed by atoms with Crippen LogP contribution in [-0.4, -0.2) is 161 Å². The van der Waals surface area contributed by atoms with Crippen LogP contribution in [0.4, 0.5) is 54.8 Å². The largest absolute Gasteiger partial charge is 0.372 e. The standard InChI is InChI=1S/C30H32FN5O2.2C25H24FN5.C21H19F2N3.C20H18FN3/c1-30(2)37-18-24(38-30)17-35-16-22(14-33-35)20-6-8-23(9-7-20)34-12-10-21(11-13-34)29-28-25(4-3-5-26(28)31)27-15-32-19-36(27)29;2*1-29-15-19(13-28-29)17-5-7-20(8-6-17)30-11-9-18(10-12-30)25-24-21(3-2-4-22(24)26)23-14-27-16-31(23)25;22-15-5-1-6-16(10-15)25-9-3-4-14(12-25)21-20-17(7-2-8-18(20)23)19-11-24-13-26(19)21;21-17-8-4-7-16-18-11-22-13-24(18)20(19(16)17)14-9-10-23(12-14)15-5-2-1-3-6-15/h3-9,14-16,19,21,24,29H,10-13,17-18H2,1-2H3;2*2-8,13-16,18,25H,9-12H2,1H3;1-2,5-8,10-11,13-14,21H,3-4,9,12H2;1-8,11,13-14,20H,9-10,12H2/t24-,29?;2*25-;;/m010../s1. The van der Waals surface area contributed by atoms with Gasteiger partial charge in [0.2, 0.25) is 0 Å². The van der Waals surface area contributed by atoms with Gasteiger partial charge in [0.1, 0.15) is 41.0 Å². The van der Waals surface area contributed by atoms with E-state index in [2.05, 4.69) is 191 Å². The molecular formula is C121H117F6N21O2. The van der Waals surface area contributed by atoms with E-state index in [-0.39, 0.29) is 77.1 Å². The number of halogens is 6. The van der Waals surface area contributed by atoms with Gasteiger partial charge in [0.25, 0.3) is 0 Å². The molecule has 10 aromatic carbocycles. The minimum atomic E-state index is -0.523. The lowest BCUT2D eigenvalue weighted by Crippen LogP contribution is -2.39. The smallest absolute Gasteiger partial charge is 0.163 e. The number of aromatic nitrogens is 16. The Morgan fingerprint density at radius 2 is 0.613 bits per heavy atom. The highest BCUT2D eigenvalue weighted by atomic mass is 19.1. The summed E-state index contributed by atoms with van der Waals surface area (Å²) in [5.41, 5.74) is 26.9. The van der Waals surface area contributed by atoms with Crippen LogP contribution < -0.4 is 24.5 Å². The summed E-state index contributed by atoms with van der Waals surface area (Å²) in [5.74, 6) is 0.512. The molecule has 29 rings (SSSR count). The summed E-state index contributed by atoms with van der Waals surface area (Å²) in [4.78, 5) is 33.6. The second kappa shape index (κ2) is 40.1. The van der Waals surface area contributed by atoms with Gasteiger partial charge >= 0.3 is 0 Å². The van der Waals surface area contributed by atoms with Crippen LogP contribution in [0.25, 0.3) is 89.7 Å². The van der Waals surface area contributed by atoms with Crippen LogP contribution in [0.15, 0.2) is 318 Å². The fraction of sp³-hybridized carbons (Fsp3) is 0.306. The van der Waals surface area contributed by atoms with E-state index in [0.29, 0.717) is 36.8 Å². The Balaban J connectivity index is 0.0000000978. The van der Waals surface area contributed by atoms with Crippen LogP contribution in [0.3, 0.4) is 0 Å². The lowest BCUT2D eigenvalue weighted by molar-refractivity contribution is -0.139. The van der Waals surface area contributed by atoms with E-state index < -0.39 is 5.79 Å². The molecular weight excluding hydrogens is 1890 g/mol. The van der Waals surface area contributed by atoms with E-state index in [0.717, 1.165) is 235 Å². The zero-order valence-corrected chi connectivity index (χ0v) is 84.2. The molecule has 19 heterocycles. The first-order valence-electron chi connectivity index (χ1n) is 52.6. The highest BCUT2D eigenvalue weighted by Crippen LogP contribution is 2.54. The number of rotatable bonds is 15. The molecule has 0 N–H and O–H groups in total. The number of benzene rings is 10. The fourth-order valence-electron chi connectivity index (χ4n) is 25.9. The van der Waals surface area contributed by atoms with Gasteiger partial charge in [-0.15, -0.1) is 0 Å². The second-order valence-corrected chi connectivity index (χ2v) is 42.1. The van der Waals surface area contributed by atoms with Crippen molar-refractivity contribution in [3.63, 3.8) is 0 Å². The summed E-state index contributed by atoms with van der Waals surface area (Å²) < 4.78 is 115. The monoisotopic (exact) mass is 2010 g/mol. The molecule has 11 aliphatic heterocycles. The Hall–Kier alpha value is -15.6. The average Bonchev–Trinajstić information content (AvgIpc) is 1.61. The van der Waals surface area contributed by atoms with Crippen LogP contribution in [-0.2, 0) is 30.1 Å². The zero-order valence-electron chi connectivity index (χ0n) is 84.2. The number of imidazole rings is 5. The Morgan fingerprint density at radius 3 is 0.960 bits per heavy atom. The van der Waals surface area contributed by atoms with Gasteiger partial charge in [-0.3, -0.25) is 14.0 Å². The van der Waals surface area contributed by atoms with Crippen molar-refractivity contribution in [1.82, 2.24) is 77.1 Å². The van der Waals surface area contributed by atoms with E-state index in [1.165, 1.54) is 39.9 Å². The molecule has 6 saturated heterocycles.